The van der Waals surface area contributed by atoms with Gasteiger partial charge in [-0.1, -0.05) is 26.7 Å². The molecule has 2 rings (SSSR count). The Labute approximate surface area is 120 Å². The van der Waals surface area contributed by atoms with Gasteiger partial charge in [-0.05, 0) is 31.6 Å². The van der Waals surface area contributed by atoms with Crippen LogP contribution in [0.1, 0.15) is 52.4 Å². The summed E-state index contributed by atoms with van der Waals surface area (Å²) in [7, 11) is -3.68. The summed E-state index contributed by atoms with van der Waals surface area (Å²) in [6.45, 7) is 3.26. The highest BCUT2D eigenvalue weighted by molar-refractivity contribution is 7.92. The molecule has 1 heterocycles. The van der Waals surface area contributed by atoms with Crippen molar-refractivity contribution in [2.45, 2.75) is 69.3 Å². The molecule has 6 heteroatoms. The molecule has 2 unspecified atom stereocenters. The van der Waals surface area contributed by atoms with E-state index in [1.165, 1.54) is 0 Å². The van der Waals surface area contributed by atoms with Gasteiger partial charge in [0.25, 0.3) is 0 Å². The Balaban J connectivity index is 2.04. The lowest BCUT2D eigenvalue weighted by atomic mass is 9.98. The van der Waals surface area contributed by atoms with Gasteiger partial charge in [0.2, 0.25) is 0 Å². The molecule has 0 aromatic heterocycles. The Morgan fingerprint density at radius 1 is 1.30 bits per heavy atom. The zero-order chi connectivity index (χ0) is 15.0. The van der Waals surface area contributed by atoms with Crippen LogP contribution in [0.15, 0.2) is 0 Å². The number of carbonyl (C=O) groups is 1. The molecule has 1 saturated heterocycles. The maximum absolute atomic E-state index is 12.3. The third-order valence-corrected chi connectivity index (χ3v) is 6.86. The van der Waals surface area contributed by atoms with Crippen LogP contribution in [0.4, 0.5) is 0 Å². The van der Waals surface area contributed by atoms with Gasteiger partial charge >= 0.3 is 5.97 Å². The first-order valence-electron chi connectivity index (χ1n) is 7.38. The Morgan fingerprint density at radius 3 is 2.40 bits per heavy atom. The number of sulfone groups is 1. The standard InChI is InChI=1S/C14H24O5S/c1-10(2)12(13(15)16)20(17,18)9-11-5-8-14(19-11)6-3-4-7-14/h10-12H,3-9H2,1-2H3,(H,15,16). The van der Waals surface area contributed by atoms with Gasteiger partial charge in [0.15, 0.2) is 15.1 Å². The van der Waals surface area contributed by atoms with Crippen molar-refractivity contribution >= 4 is 15.8 Å². The van der Waals surface area contributed by atoms with Crippen LogP contribution in [-0.4, -0.2) is 42.2 Å². The van der Waals surface area contributed by atoms with Gasteiger partial charge in [0, 0.05) is 0 Å². The topological polar surface area (TPSA) is 80.7 Å². The molecule has 0 aromatic rings. The highest BCUT2D eigenvalue weighted by atomic mass is 32.2. The van der Waals surface area contributed by atoms with Crippen LogP contribution in [0.3, 0.4) is 0 Å². The minimum atomic E-state index is -3.68. The van der Waals surface area contributed by atoms with E-state index < -0.39 is 27.0 Å². The fraction of sp³-hybridized carbons (Fsp3) is 0.929. The van der Waals surface area contributed by atoms with Gasteiger partial charge in [0.05, 0.1) is 17.5 Å². The predicted octanol–water partition coefficient (Wildman–Crippen LogP) is 2.00. The third kappa shape index (κ3) is 3.17. The van der Waals surface area contributed by atoms with Crippen LogP contribution in [0.2, 0.25) is 0 Å². The second-order valence-electron chi connectivity index (χ2n) is 6.50. The van der Waals surface area contributed by atoms with Crippen molar-refractivity contribution in [3.8, 4) is 0 Å². The zero-order valence-electron chi connectivity index (χ0n) is 12.2. The Hall–Kier alpha value is -0.620. The second-order valence-corrected chi connectivity index (χ2v) is 8.67. The van der Waals surface area contributed by atoms with Crippen LogP contribution in [-0.2, 0) is 19.4 Å². The lowest BCUT2D eigenvalue weighted by molar-refractivity contribution is -0.137. The van der Waals surface area contributed by atoms with E-state index in [0.29, 0.717) is 0 Å². The summed E-state index contributed by atoms with van der Waals surface area (Å²) in [6.07, 6.45) is 5.60. The molecule has 20 heavy (non-hydrogen) atoms. The molecule has 5 nitrogen and oxygen atoms in total. The number of ether oxygens (including phenoxy) is 1. The van der Waals surface area contributed by atoms with E-state index in [1.807, 2.05) is 0 Å². The van der Waals surface area contributed by atoms with Gasteiger partial charge in [-0.15, -0.1) is 0 Å². The molecular formula is C14H24O5S. The van der Waals surface area contributed by atoms with Gasteiger partial charge in [-0.2, -0.15) is 0 Å². The van der Waals surface area contributed by atoms with E-state index in [4.69, 9.17) is 9.84 Å². The molecule has 2 atom stereocenters. The van der Waals surface area contributed by atoms with Crippen molar-refractivity contribution in [1.29, 1.82) is 0 Å². The molecule has 116 valence electrons. The maximum Gasteiger partial charge on any atom is 0.322 e. The number of carboxylic acid groups (broad SMARTS) is 1. The summed E-state index contributed by atoms with van der Waals surface area (Å²) in [5.41, 5.74) is -0.114. The minimum Gasteiger partial charge on any atom is -0.480 e. The van der Waals surface area contributed by atoms with Crippen LogP contribution in [0.25, 0.3) is 0 Å². The van der Waals surface area contributed by atoms with Gasteiger partial charge in [-0.3, -0.25) is 4.79 Å². The van der Waals surface area contributed by atoms with Crippen LogP contribution < -0.4 is 0 Å². The number of aliphatic carboxylic acids is 1. The van der Waals surface area contributed by atoms with Crippen molar-refractivity contribution in [3.63, 3.8) is 0 Å². The molecule has 0 aromatic carbocycles. The maximum atomic E-state index is 12.3. The fourth-order valence-corrected chi connectivity index (χ4v) is 5.71. The second kappa shape index (κ2) is 5.64. The van der Waals surface area contributed by atoms with Crippen molar-refractivity contribution in [2.24, 2.45) is 5.92 Å². The highest BCUT2D eigenvalue weighted by Gasteiger charge is 2.45. The van der Waals surface area contributed by atoms with Gasteiger partial charge in [0.1, 0.15) is 0 Å². The molecule has 1 aliphatic carbocycles. The molecule has 1 N–H and O–H groups in total. The van der Waals surface area contributed by atoms with Gasteiger partial charge < -0.3 is 9.84 Å². The fourth-order valence-electron chi connectivity index (χ4n) is 3.62. The lowest BCUT2D eigenvalue weighted by Crippen LogP contribution is -2.40. The molecular weight excluding hydrogens is 280 g/mol. The number of hydrogen-bond donors (Lipinski definition) is 1. The van der Waals surface area contributed by atoms with E-state index in [0.717, 1.165) is 38.5 Å². The average molecular weight is 304 g/mol. The summed E-state index contributed by atoms with van der Waals surface area (Å²) in [5, 5.41) is 7.81. The monoisotopic (exact) mass is 304 g/mol. The molecule has 1 aliphatic heterocycles. The number of rotatable bonds is 5. The smallest absolute Gasteiger partial charge is 0.322 e. The van der Waals surface area contributed by atoms with Crippen LogP contribution >= 0.6 is 0 Å². The largest absolute Gasteiger partial charge is 0.480 e. The number of hydrogen-bond acceptors (Lipinski definition) is 4. The van der Waals surface area contributed by atoms with Crippen molar-refractivity contribution in [2.75, 3.05) is 5.75 Å². The molecule has 0 amide bonds. The Bertz CT molecular complexity index is 462. The summed E-state index contributed by atoms with van der Waals surface area (Å²) in [4.78, 5) is 11.2. The van der Waals surface area contributed by atoms with E-state index in [1.54, 1.807) is 13.8 Å². The molecule has 0 radical (unpaired) electrons. The summed E-state index contributed by atoms with van der Waals surface area (Å²) < 4.78 is 30.6. The lowest BCUT2D eigenvalue weighted by Gasteiger charge is -2.24. The SMILES string of the molecule is CC(C)C(C(=O)O)S(=O)(=O)CC1CCC2(CCCC2)O1. The van der Waals surface area contributed by atoms with E-state index in [9.17, 15) is 13.2 Å². The molecule has 1 saturated carbocycles. The molecule has 1 spiro atoms. The summed E-state index contributed by atoms with van der Waals surface area (Å²) in [5.74, 6) is -1.85. The zero-order valence-corrected chi connectivity index (χ0v) is 13.0. The Morgan fingerprint density at radius 2 is 1.90 bits per heavy atom. The molecule has 2 fully saturated rings. The minimum absolute atomic E-state index is 0.114. The molecule has 2 aliphatic rings. The number of carboxylic acids is 1. The normalized spacial score (nSPS) is 27.2. The average Bonchev–Trinajstić information content (AvgIpc) is 2.87. The van der Waals surface area contributed by atoms with Crippen LogP contribution in [0.5, 0.6) is 0 Å². The molecule has 0 bridgehead atoms. The quantitative estimate of drug-likeness (QED) is 0.840. The van der Waals surface area contributed by atoms with E-state index >= 15 is 0 Å². The first-order valence-corrected chi connectivity index (χ1v) is 9.09. The first kappa shape index (κ1) is 15.8. The van der Waals surface area contributed by atoms with E-state index in [-0.39, 0.29) is 17.5 Å². The van der Waals surface area contributed by atoms with Crippen molar-refractivity contribution < 1.29 is 23.1 Å². The van der Waals surface area contributed by atoms with Crippen molar-refractivity contribution in [3.05, 3.63) is 0 Å². The van der Waals surface area contributed by atoms with Crippen LogP contribution in [0, 0.1) is 5.92 Å². The first-order chi connectivity index (χ1) is 9.26. The van der Waals surface area contributed by atoms with E-state index in [2.05, 4.69) is 0 Å². The Kier molecular flexibility index (Phi) is 4.44. The highest BCUT2D eigenvalue weighted by Crippen LogP contribution is 2.43. The van der Waals surface area contributed by atoms with Crippen molar-refractivity contribution in [1.82, 2.24) is 0 Å². The summed E-state index contributed by atoms with van der Waals surface area (Å²) >= 11 is 0. The van der Waals surface area contributed by atoms with Gasteiger partial charge in [-0.25, -0.2) is 8.42 Å². The summed E-state index contributed by atoms with van der Waals surface area (Å²) in [6, 6.07) is 0. The predicted molar refractivity (Wildman–Crippen MR) is 75.4 cm³/mol. The third-order valence-electron chi connectivity index (χ3n) is 4.51.